The van der Waals surface area contributed by atoms with E-state index in [2.05, 4.69) is 26.0 Å². The Kier molecular flexibility index (Phi) is 7.78. The summed E-state index contributed by atoms with van der Waals surface area (Å²) in [4.78, 5) is 14.0. The standard InChI is InChI=1S/C26H27FN8O.C2H6/c1-16-30-15-35(34-16)22-9-6-19-14-23(22)36-13-12-28-10-11-29-25-21-8-7-20(17-2-4-18(27)5-3-17)24(21)32-26(31-19)33-25;1-2/h2-6,9,14-15,20,28H,7-8,10-13H2,1H3,(H2,29,31,32,33);1-2H3. The molecule has 2 aromatic carbocycles. The zero-order chi connectivity index (χ0) is 26.5. The number of nitrogens with one attached hydrogen (secondary N) is 3. The van der Waals surface area contributed by atoms with Crippen molar-refractivity contribution in [2.45, 2.75) is 39.5 Å². The van der Waals surface area contributed by atoms with Gasteiger partial charge in [-0.15, -0.1) is 0 Å². The van der Waals surface area contributed by atoms with Gasteiger partial charge in [-0.1, -0.05) is 26.0 Å². The lowest BCUT2D eigenvalue weighted by Gasteiger charge is -2.18. The van der Waals surface area contributed by atoms with Gasteiger partial charge in [0, 0.05) is 42.9 Å². The van der Waals surface area contributed by atoms with Gasteiger partial charge < -0.3 is 20.7 Å². The maximum atomic E-state index is 13.5. The molecule has 0 amide bonds. The number of aromatic nitrogens is 5. The van der Waals surface area contributed by atoms with Crippen molar-refractivity contribution in [1.29, 1.82) is 0 Å². The molecule has 0 saturated heterocycles. The van der Waals surface area contributed by atoms with Crippen LogP contribution in [0.2, 0.25) is 0 Å². The summed E-state index contributed by atoms with van der Waals surface area (Å²) in [6.07, 6.45) is 3.46. The summed E-state index contributed by atoms with van der Waals surface area (Å²) in [5.41, 5.74) is 4.78. The summed E-state index contributed by atoms with van der Waals surface area (Å²) >= 11 is 0. The van der Waals surface area contributed by atoms with Crippen molar-refractivity contribution in [2.75, 3.05) is 36.9 Å². The minimum atomic E-state index is -0.235. The van der Waals surface area contributed by atoms with Gasteiger partial charge in [0.15, 0.2) is 0 Å². The molecule has 2 aliphatic rings. The number of rotatable bonds is 2. The first-order valence-electron chi connectivity index (χ1n) is 13.2. The van der Waals surface area contributed by atoms with E-state index in [0.717, 1.165) is 59.9 Å². The van der Waals surface area contributed by atoms with Gasteiger partial charge in [0.2, 0.25) is 5.95 Å². The number of aryl methyl sites for hydroxylation is 1. The maximum absolute atomic E-state index is 13.5. The number of hydrogen-bond acceptors (Lipinski definition) is 8. The molecule has 9 nitrogen and oxygen atoms in total. The minimum Gasteiger partial charge on any atom is -0.490 e. The van der Waals surface area contributed by atoms with E-state index < -0.39 is 0 Å². The normalized spacial score (nSPS) is 16.6. The third-order valence-electron chi connectivity index (χ3n) is 6.52. The molecule has 0 saturated carbocycles. The SMILES string of the molecule is CC.Cc1ncn(-c2ccc3cc2OCCNCCNc2nc(nc4c2CCC4c2ccc(F)cc2)N3)n1. The maximum Gasteiger partial charge on any atom is 0.229 e. The lowest BCUT2D eigenvalue weighted by atomic mass is 9.97. The van der Waals surface area contributed by atoms with Crippen LogP contribution in [-0.2, 0) is 6.42 Å². The fourth-order valence-corrected chi connectivity index (χ4v) is 4.80. The van der Waals surface area contributed by atoms with Crippen molar-refractivity contribution in [3.05, 3.63) is 77.3 Å². The Balaban J connectivity index is 0.00000144. The summed E-state index contributed by atoms with van der Waals surface area (Å²) in [7, 11) is 0. The molecule has 198 valence electrons. The number of fused-ring (bicyclic) bond motifs is 6. The molecule has 0 spiro atoms. The number of anilines is 3. The first-order valence-corrected chi connectivity index (χ1v) is 13.2. The Morgan fingerprint density at radius 3 is 2.66 bits per heavy atom. The van der Waals surface area contributed by atoms with Gasteiger partial charge in [0.25, 0.3) is 0 Å². The molecule has 0 radical (unpaired) electrons. The van der Waals surface area contributed by atoms with Gasteiger partial charge in [-0.25, -0.2) is 19.0 Å². The number of benzene rings is 2. The van der Waals surface area contributed by atoms with Gasteiger partial charge in [-0.2, -0.15) is 10.1 Å². The second-order valence-electron chi connectivity index (χ2n) is 8.97. The zero-order valence-electron chi connectivity index (χ0n) is 22.0. The van der Waals surface area contributed by atoms with Crippen LogP contribution in [0.1, 0.15) is 48.8 Å². The van der Waals surface area contributed by atoms with Gasteiger partial charge in [-0.05, 0) is 49.6 Å². The monoisotopic (exact) mass is 516 g/mol. The molecule has 3 N–H and O–H groups in total. The van der Waals surface area contributed by atoms with Crippen LogP contribution in [-0.4, -0.2) is 51.0 Å². The van der Waals surface area contributed by atoms with Crippen LogP contribution < -0.4 is 20.7 Å². The van der Waals surface area contributed by atoms with E-state index in [9.17, 15) is 4.39 Å². The fraction of sp³-hybridized carbons (Fsp3) is 0.357. The highest BCUT2D eigenvalue weighted by molar-refractivity contribution is 5.64. The third kappa shape index (κ3) is 5.45. The molecule has 6 rings (SSSR count). The Morgan fingerprint density at radius 1 is 1.03 bits per heavy atom. The van der Waals surface area contributed by atoms with Crippen LogP contribution in [0.25, 0.3) is 5.69 Å². The molecule has 4 bridgehead atoms. The van der Waals surface area contributed by atoms with Crippen molar-refractivity contribution in [2.24, 2.45) is 0 Å². The zero-order valence-corrected chi connectivity index (χ0v) is 22.0. The molecule has 1 atom stereocenters. The van der Waals surface area contributed by atoms with Gasteiger partial charge in [0.1, 0.15) is 41.8 Å². The van der Waals surface area contributed by atoms with Gasteiger partial charge in [-0.3, -0.25) is 0 Å². The molecule has 10 heteroatoms. The number of halogens is 1. The summed E-state index contributed by atoms with van der Waals surface area (Å²) in [6, 6.07) is 12.5. The lowest BCUT2D eigenvalue weighted by molar-refractivity contribution is 0.313. The van der Waals surface area contributed by atoms with Crippen LogP contribution in [0.15, 0.2) is 48.8 Å². The van der Waals surface area contributed by atoms with Gasteiger partial charge >= 0.3 is 0 Å². The van der Waals surface area contributed by atoms with E-state index in [4.69, 9.17) is 14.7 Å². The summed E-state index contributed by atoms with van der Waals surface area (Å²) in [5.74, 6) is 2.59. The molecular formula is C28H33FN8O. The average Bonchev–Trinajstić information content (AvgIpc) is 3.56. The Bertz CT molecular complexity index is 1390. The summed E-state index contributed by atoms with van der Waals surface area (Å²) < 4.78 is 21.4. The fourth-order valence-electron chi connectivity index (χ4n) is 4.80. The summed E-state index contributed by atoms with van der Waals surface area (Å²) in [6.45, 7) is 8.56. The van der Waals surface area contributed by atoms with Crippen molar-refractivity contribution >= 4 is 17.5 Å². The van der Waals surface area contributed by atoms with Crippen molar-refractivity contribution in [1.82, 2.24) is 30.0 Å². The van der Waals surface area contributed by atoms with Crippen molar-refractivity contribution in [3.8, 4) is 11.4 Å². The molecule has 1 aliphatic heterocycles. The number of hydrogen-bond donors (Lipinski definition) is 3. The first kappa shape index (κ1) is 25.6. The smallest absolute Gasteiger partial charge is 0.229 e. The van der Waals surface area contributed by atoms with E-state index in [1.54, 1.807) is 11.0 Å². The number of nitrogens with zero attached hydrogens (tertiary/aromatic N) is 5. The van der Waals surface area contributed by atoms with Crippen LogP contribution >= 0.6 is 0 Å². The Labute approximate surface area is 221 Å². The van der Waals surface area contributed by atoms with E-state index >= 15 is 0 Å². The molecule has 4 aromatic rings. The van der Waals surface area contributed by atoms with Crippen molar-refractivity contribution in [3.63, 3.8) is 0 Å². The molecule has 1 unspecified atom stereocenters. The van der Waals surface area contributed by atoms with Crippen LogP contribution in [0.3, 0.4) is 0 Å². The quantitative estimate of drug-likeness (QED) is 0.351. The van der Waals surface area contributed by atoms with Crippen LogP contribution in [0, 0.1) is 12.7 Å². The highest BCUT2D eigenvalue weighted by atomic mass is 19.1. The largest absolute Gasteiger partial charge is 0.490 e. The van der Waals surface area contributed by atoms with Crippen LogP contribution in [0.5, 0.6) is 5.75 Å². The Morgan fingerprint density at radius 2 is 1.87 bits per heavy atom. The van der Waals surface area contributed by atoms with Crippen LogP contribution in [0.4, 0.5) is 21.8 Å². The van der Waals surface area contributed by atoms with Gasteiger partial charge in [0.05, 0.1) is 5.69 Å². The summed E-state index contributed by atoms with van der Waals surface area (Å²) in [5, 5.41) is 14.7. The highest BCUT2D eigenvalue weighted by Gasteiger charge is 2.29. The van der Waals surface area contributed by atoms with E-state index in [1.165, 1.54) is 12.1 Å². The first-order chi connectivity index (χ1) is 18.6. The van der Waals surface area contributed by atoms with E-state index in [1.807, 2.05) is 51.1 Å². The predicted molar refractivity (Wildman–Crippen MR) is 146 cm³/mol. The molecular weight excluding hydrogens is 483 g/mol. The van der Waals surface area contributed by atoms with E-state index in [-0.39, 0.29) is 11.7 Å². The lowest BCUT2D eigenvalue weighted by Crippen LogP contribution is -2.27. The second kappa shape index (κ2) is 11.6. The average molecular weight is 517 g/mol. The number of ether oxygens (including phenoxy) is 1. The molecule has 1 aliphatic carbocycles. The topological polar surface area (TPSA) is 102 Å². The highest BCUT2D eigenvalue weighted by Crippen LogP contribution is 2.40. The second-order valence-corrected chi connectivity index (χ2v) is 8.97. The van der Waals surface area contributed by atoms with Crippen molar-refractivity contribution < 1.29 is 9.13 Å². The molecule has 3 heterocycles. The third-order valence-corrected chi connectivity index (χ3v) is 6.52. The molecule has 0 fully saturated rings. The molecule has 38 heavy (non-hydrogen) atoms. The van der Waals surface area contributed by atoms with E-state index in [0.29, 0.717) is 30.7 Å². The Hall–Kier alpha value is -4.05. The predicted octanol–water partition coefficient (Wildman–Crippen LogP) is 4.75. The minimum absolute atomic E-state index is 0.0959. The molecule has 2 aromatic heterocycles.